The van der Waals surface area contributed by atoms with Crippen LogP contribution in [0.4, 0.5) is 11.4 Å². The third kappa shape index (κ3) is 4.70. The maximum Gasteiger partial charge on any atom is 0.135 e. The Morgan fingerprint density at radius 1 is 0.400 bits per heavy atom. The highest BCUT2D eigenvalue weighted by Crippen LogP contribution is 2.51. The Hall–Kier alpha value is -5.28. The van der Waals surface area contributed by atoms with E-state index < -0.39 is 0 Å². The molecule has 0 spiro atoms. The zero-order valence-corrected chi connectivity index (χ0v) is 22.3. The molecule has 0 aliphatic heterocycles. The SMILES string of the molecule is COc1c(-c2cc(N)ccc2-c2ccc(N)cc2)cc(-c2ccccc2)c(-c2ccccc2)c1-c1ccccc1. The second-order valence-electron chi connectivity index (χ2n) is 9.78. The van der Waals surface area contributed by atoms with E-state index in [-0.39, 0.29) is 0 Å². The van der Waals surface area contributed by atoms with Gasteiger partial charge >= 0.3 is 0 Å². The molecule has 194 valence electrons. The lowest BCUT2D eigenvalue weighted by Gasteiger charge is -2.24. The highest BCUT2D eigenvalue weighted by molar-refractivity contribution is 6.03. The van der Waals surface area contributed by atoms with Gasteiger partial charge in [-0.05, 0) is 69.3 Å². The van der Waals surface area contributed by atoms with Gasteiger partial charge < -0.3 is 16.2 Å². The van der Waals surface area contributed by atoms with Crippen LogP contribution < -0.4 is 16.2 Å². The molecule has 6 aromatic rings. The zero-order chi connectivity index (χ0) is 27.5. The fourth-order valence-corrected chi connectivity index (χ4v) is 5.41. The molecule has 0 aliphatic carbocycles. The average Bonchev–Trinajstić information content (AvgIpc) is 3.01. The van der Waals surface area contributed by atoms with Crippen LogP contribution in [0.3, 0.4) is 0 Å². The summed E-state index contributed by atoms with van der Waals surface area (Å²) in [5.41, 5.74) is 24.5. The molecular formula is C37H30N2O. The summed E-state index contributed by atoms with van der Waals surface area (Å²) in [4.78, 5) is 0. The van der Waals surface area contributed by atoms with Crippen molar-refractivity contribution in [1.29, 1.82) is 0 Å². The van der Waals surface area contributed by atoms with E-state index in [1.54, 1.807) is 7.11 Å². The van der Waals surface area contributed by atoms with E-state index in [2.05, 4.69) is 84.9 Å². The molecule has 0 atom stereocenters. The number of nitrogen functional groups attached to an aromatic ring is 2. The minimum absolute atomic E-state index is 0.686. The summed E-state index contributed by atoms with van der Waals surface area (Å²) in [6.07, 6.45) is 0. The molecule has 6 rings (SSSR count). The molecular weight excluding hydrogens is 488 g/mol. The van der Waals surface area contributed by atoms with Crippen molar-refractivity contribution in [2.75, 3.05) is 18.6 Å². The predicted molar refractivity (Wildman–Crippen MR) is 169 cm³/mol. The molecule has 0 radical (unpaired) electrons. The zero-order valence-electron chi connectivity index (χ0n) is 22.3. The minimum atomic E-state index is 0.686. The van der Waals surface area contributed by atoms with E-state index in [4.69, 9.17) is 16.2 Å². The van der Waals surface area contributed by atoms with Crippen LogP contribution in [0.1, 0.15) is 0 Å². The fraction of sp³-hybridized carbons (Fsp3) is 0.0270. The van der Waals surface area contributed by atoms with Crippen LogP contribution in [0.5, 0.6) is 5.75 Å². The molecule has 0 fully saturated rings. The molecule has 0 saturated heterocycles. The molecule has 6 aromatic carbocycles. The first-order chi connectivity index (χ1) is 19.6. The Balaban J connectivity index is 1.77. The molecule has 0 amide bonds. The lowest BCUT2D eigenvalue weighted by molar-refractivity contribution is 0.418. The number of ether oxygens (including phenoxy) is 1. The summed E-state index contributed by atoms with van der Waals surface area (Å²) in [5.74, 6) is 0.798. The molecule has 0 saturated carbocycles. The van der Waals surface area contributed by atoms with Gasteiger partial charge in [-0.25, -0.2) is 0 Å². The maximum absolute atomic E-state index is 6.42. The third-order valence-electron chi connectivity index (χ3n) is 7.25. The van der Waals surface area contributed by atoms with Crippen LogP contribution in [0.25, 0.3) is 55.6 Å². The van der Waals surface area contributed by atoms with E-state index in [9.17, 15) is 0 Å². The smallest absolute Gasteiger partial charge is 0.135 e. The molecule has 40 heavy (non-hydrogen) atoms. The second kappa shape index (κ2) is 10.8. The first kappa shape index (κ1) is 25.0. The van der Waals surface area contributed by atoms with Gasteiger partial charge in [0.2, 0.25) is 0 Å². The van der Waals surface area contributed by atoms with E-state index >= 15 is 0 Å². The Bertz CT molecular complexity index is 1760. The number of rotatable bonds is 6. The van der Waals surface area contributed by atoms with Gasteiger partial charge in [0.15, 0.2) is 0 Å². The standard InChI is InChI=1S/C37H30N2O/c1-40-37-34(33-23-30(39)21-22-31(33)26-17-19-29(38)20-18-26)24-32(25-11-5-2-6-12-25)35(27-13-7-3-8-14-27)36(37)28-15-9-4-10-16-28/h2-24H,38-39H2,1H3. The topological polar surface area (TPSA) is 61.3 Å². The second-order valence-corrected chi connectivity index (χ2v) is 9.78. The highest BCUT2D eigenvalue weighted by Gasteiger charge is 2.24. The van der Waals surface area contributed by atoms with Crippen LogP contribution in [-0.4, -0.2) is 7.11 Å². The van der Waals surface area contributed by atoms with Crippen LogP contribution in [-0.2, 0) is 0 Å². The summed E-state index contributed by atoms with van der Waals surface area (Å²) in [5, 5.41) is 0. The molecule has 0 unspecified atom stereocenters. The van der Waals surface area contributed by atoms with E-state index in [0.717, 1.165) is 67.1 Å². The number of hydrogen-bond donors (Lipinski definition) is 2. The first-order valence-electron chi connectivity index (χ1n) is 13.3. The van der Waals surface area contributed by atoms with Crippen molar-refractivity contribution in [2.24, 2.45) is 0 Å². The maximum atomic E-state index is 6.42. The molecule has 0 bridgehead atoms. The van der Waals surface area contributed by atoms with Crippen molar-refractivity contribution in [3.63, 3.8) is 0 Å². The van der Waals surface area contributed by atoms with Crippen LogP contribution >= 0.6 is 0 Å². The number of hydrogen-bond acceptors (Lipinski definition) is 3. The third-order valence-corrected chi connectivity index (χ3v) is 7.25. The van der Waals surface area contributed by atoms with Gasteiger partial charge in [-0.3, -0.25) is 0 Å². The van der Waals surface area contributed by atoms with E-state index in [0.29, 0.717) is 5.69 Å². The number of methoxy groups -OCH3 is 1. The largest absolute Gasteiger partial charge is 0.495 e. The van der Waals surface area contributed by atoms with Gasteiger partial charge in [0.05, 0.1) is 7.11 Å². The normalized spacial score (nSPS) is 10.8. The van der Waals surface area contributed by atoms with Crippen molar-refractivity contribution < 1.29 is 4.74 Å². The molecule has 4 N–H and O–H groups in total. The Morgan fingerprint density at radius 2 is 0.900 bits per heavy atom. The first-order valence-corrected chi connectivity index (χ1v) is 13.3. The molecule has 0 aromatic heterocycles. The molecule has 0 aliphatic rings. The summed E-state index contributed by atoms with van der Waals surface area (Å²) < 4.78 is 6.33. The van der Waals surface area contributed by atoms with Gasteiger partial charge in [0.1, 0.15) is 5.75 Å². The van der Waals surface area contributed by atoms with Crippen molar-refractivity contribution in [1.82, 2.24) is 0 Å². The van der Waals surface area contributed by atoms with Crippen molar-refractivity contribution in [3.05, 3.63) is 140 Å². The number of anilines is 2. The summed E-state index contributed by atoms with van der Waals surface area (Å²) in [6.45, 7) is 0. The summed E-state index contributed by atoms with van der Waals surface area (Å²) in [7, 11) is 1.75. The molecule has 0 heterocycles. The quantitative estimate of drug-likeness (QED) is 0.216. The predicted octanol–water partition coefficient (Wildman–Crippen LogP) is 9.19. The number of benzene rings is 6. The van der Waals surface area contributed by atoms with Crippen molar-refractivity contribution >= 4 is 11.4 Å². The van der Waals surface area contributed by atoms with Crippen LogP contribution in [0.2, 0.25) is 0 Å². The van der Waals surface area contributed by atoms with E-state index in [1.807, 2.05) is 54.6 Å². The van der Waals surface area contributed by atoms with Gasteiger partial charge in [-0.2, -0.15) is 0 Å². The van der Waals surface area contributed by atoms with Crippen LogP contribution in [0, 0.1) is 0 Å². The lowest BCUT2D eigenvalue weighted by Crippen LogP contribution is -2.00. The Labute approximate surface area is 235 Å². The summed E-state index contributed by atoms with van der Waals surface area (Å²) >= 11 is 0. The molecule has 3 nitrogen and oxygen atoms in total. The minimum Gasteiger partial charge on any atom is -0.495 e. The fourth-order valence-electron chi connectivity index (χ4n) is 5.41. The Morgan fingerprint density at radius 3 is 1.48 bits per heavy atom. The van der Waals surface area contributed by atoms with Gasteiger partial charge in [0, 0.05) is 28.1 Å². The average molecular weight is 519 g/mol. The van der Waals surface area contributed by atoms with Crippen LogP contribution in [0.15, 0.2) is 140 Å². The van der Waals surface area contributed by atoms with Gasteiger partial charge in [0.25, 0.3) is 0 Å². The van der Waals surface area contributed by atoms with E-state index in [1.165, 1.54) is 0 Å². The van der Waals surface area contributed by atoms with Gasteiger partial charge in [-0.1, -0.05) is 109 Å². The molecule has 3 heteroatoms. The van der Waals surface area contributed by atoms with Crippen molar-refractivity contribution in [3.8, 4) is 61.4 Å². The summed E-state index contributed by atoms with van der Waals surface area (Å²) in [6, 6.07) is 47.8. The Kier molecular flexibility index (Phi) is 6.78. The monoisotopic (exact) mass is 518 g/mol. The van der Waals surface area contributed by atoms with Gasteiger partial charge in [-0.15, -0.1) is 0 Å². The number of nitrogens with two attached hydrogens (primary N) is 2. The highest BCUT2D eigenvalue weighted by atomic mass is 16.5. The van der Waals surface area contributed by atoms with Crippen molar-refractivity contribution in [2.45, 2.75) is 0 Å². The lowest BCUT2D eigenvalue weighted by atomic mass is 9.82.